The highest BCUT2D eigenvalue weighted by Crippen LogP contribution is 2.30. The minimum Gasteiger partial charge on any atom is -0.497 e. The fourth-order valence-corrected chi connectivity index (χ4v) is 2.57. The van der Waals surface area contributed by atoms with Crippen molar-refractivity contribution in [3.8, 4) is 5.75 Å². The molecule has 0 aliphatic carbocycles. The molecule has 0 spiro atoms. The van der Waals surface area contributed by atoms with Crippen molar-refractivity contribution in [2.75, 3.05) is 13.7 Å². The third kappa shape index (κ3) is 3.44. The van der Waals surface area contributed by atoms with Crippen molar-refractivity contribution in [2.24, 2.45) is 0 Å². The van der Waals surface area contributed by atoms with Gasteiger partial charge in [0, 0.05) is 13.0 Å². The topological polar surface area (TPSA) is 95.9 Å². The first kappa shape index (κ1) is 16.8. The van der Waals surface area contributed by atoms with Gasteiger partial charge in [0.25, 0.3) is 5.91 Å². The number of urea groups is 1. The van der Waals surface area contributed by atoms with Crippen molar-refractivity contribution in [2.45, 2.75) is 31.7 Å². The highest BCUT2D eigenvalue weighted by Gasteiger charge is 2.48. The third-order valence-corrected chi connectivity index (χ3v) is 3.96. The number of rotatable bonds is 7. The lowest BCUT2D eigenvalue weighted by Crippen LogP contribution is -2.41. The molecule has 1 aliphatic heterocycles. The molecule has 1 heterocycles. The van der Waals surface area contributed by atoms with Gasteiger partial charge in [0.2, 0.25) is 0 Å². The molecule has 7 nitrogen and oxygen atoms in total. The second-order valence-electron chi connectivity index (χ2n) is 5.59. The number of ether oxygens (including phenoxy) is 1. The van der Waals surface area contributed by atoms with E-state index in [0.717, 1.165) is 4.90 Å². The summed E-state index contributed by atoms with van der Waals surface area (Å²) < 4.78 is 5.09. The lowest BCUT2D eigenvalue weighted by Gasteiger charge is -2.22. The van der Waals surface area contributed by atoms with Crippen molar-refractivity contribution in [1.82, 2.24) is 10.2 Å². The molecule has 0 saturated carbocycles. The molecule has 1 aromatic rings. The van der Waals surface area contributed by atoms with Gasteiger partial charge in [-0.3, -0.25) is 14.5 Å². The van der Waals surface area contributed by atoms with E-state index in [2.05, 4.69) is 5.32 Å². The molecule has 1 atom stereocenters. The SMILES string of the molecule is COc1ccc(C2(C)NC(=O)N(CCCCC(=O)O)C2=O)cc1. The maximum atomic E-state index is 12.6. The number of unbranched alkanes of at least 4 members (excludes halogenated alkanes) is 1. The molecule has 23 heavy (non-hydrogen) atoms. The molecule has 2 rings (SSSR count). The van der Waals surface area contributed by atoms with Crippen molar-refractivity contribution < 1.29 is 24.2 Å². The van der Waals surface area contributed by atoms with Crippen molar-refractivity contribution in [1.29, 1.82) is 0 Å². The summed E-state index contributed by atoms with van der Waals surface area (Å²) in [7, 11) is 1.55. The first-order valence-corrected chi connectivity index (χ1v) is 7.39. The first-order chi connectivity index (χ1) is 10.9. The number of carbonyl (C=O) groups excluding carboxylic acids is 2. The van der Waals surface area contributed by atoms with E-state index >= 15 is 0 Å². The van der Waals surface area contributed by atoms with E-state index in [-0.39, 0.29) is 18.9 Å². The van der Waals surface area contributed by atoms with Crippen LogP contribution in [0.4, 0.5) is 4.79 Å². The number of aliphatic carboxylic acids is 1. The summed E-state index contributed by atoms with van der Waals surface area (Å²) in [6.07, 6.45) is 0.912. The molecule has 1 unspecified atom stereocenters. The van der Waals surface area contributed by atoms with E-state index in [1.54, 1.807) is 38.3 Å². The van der Waals surface area contributed by atoms with E-state index in [9.17, 15) is 14.4 Å². The predicted octanol–water partition coefficient (Wildman–Crippen LogP) is 1.72. The minimum absolute atomic E-state index is 0.0272. The molecule has 1 aromatic carbocycles. The second-order valence-corrected chi connectivity index (χ2v) is 5.59. The highest BCUT2D eigenvalue weighted by atomic mass is 16.5. The molecule has 0 aromatic heterocycles. The quantitative estimate of drug-likeness (QED) is 0.589. The maximum Gasteiger partial charge on any atom is 0.325 e. The molecular formula is C16H20N2O5. The normalized spacial score (nSPS) is 20.5. The Kier molecular flexibility index (Phi) is 4.88. The van der Waals surface area contributed by atoms with Gasteiger partial charge in [0.15, 0.2) is 0 Å². The average Bonchev–Trinajstić information content (AvgIpc) is 2.75. The van der Waals surface area contributed by atoms with Crippen LogP contribution >= 0.6 is 0 Å². The summed E-state index contributed by atoms with van der Waals surface area (Å²) >= 11 is 0. The maximum absolute atomic E-state index is 12.6. The van der Waals surface area contributed by atoms with Crippen LogP contribution in [-0.2, 0) is 15.1 Å². The molecule has 124 valence electrons. The molecule has 1 saturated heterocycles. The van der Waals surface area contributed by atoms with Crippen LogP contribution in [0.1, 0.15) is 31.7 Å². The predicted molar refractivity (Wildman–Crippen MR) is 82.1 cm³/mol. The molecule has 3 amide bonds. The number of carboxylic acid groups (broad SMARTS) is 1. The zero-order chi connectivity index (χ0) is 17.0. The Bertz CT molecular complexity index is 613. The van der Waals surface area contributed by atoms with Gasteiger partial charge in [-0.05, 0) is 37.5 Å². The summed E-state index contributed by atoms with van der Waals surface area (Å²) in [6, 6.07) is 6.49. The number of hydrogen-bond acceptors (Lipinski definition) is 4. The number of methoxy groups -OCH3 is 1. The van der Waals surface area contributed by atoms with Crippen LogP contribution in [0.3, 0.4) is 0 Å². The molecule has 7 heteroatoms. The van der Waals surface area contributed by atoms with Gasteiger partial charge in [0.05, 0.1) is 7.11 Å². The number of carbonyl (C=O) groups is 3. The largest absolute Gasteiger partial charge is 0.497 e. The zero-order valence-corrected chi connectivity index (χ0v) is 13.2. The number of benzene rings is 1. The van der Waals surface area contributed by atoms with Crippen LogP contribution in [0.25, 0.3) is 0 Å². The Hall–Kier alpha value is -2.57. The summed E-state index contributed by atoms with van der Waals surface area (Å²) in [5.74, 6) is -0.548. The third-order valence-electron chi connectivity index (χ3n) is 3.96. The summed E-state index contributed by atoms with van der Waals surface area (Å²) in [4.78, 5) is 36.3. The monoisotopic (exact) mass is 320 g/mol. The van der Waals surface area contributed by atoms with Crippen molar-refractivity contribution in [3.05, 3.63) is 29.8 Å². The van der Waals surface area contributed by atoms with Crippen LogP contribution in [0.15, 0.2) is 24.3 Å². The lowest BCUT2D eigenvalue weighted by molar-refractivity contribution is -0.137. The molecular weight excluding hydrogens is 300 g/mol. The Morgan fingerprint density at radius 1 is 1.26 bits per heavy atom. The molecule has 0 bridgehead atoms. The van der Waals surface area contributed by atoms with Gasteiger partial charge in [0.1, 0.15) is 11.3 Å². The average molecular weight is 320 g/mol. The van der Waals surface area contributed by atoms with Crippen LogP contribution in [0.5, 0.6) is 5.75 Å². The van der Waals surface area contributed by atoms with E-state index in [1.165, 1.54) is 0 Å². The highest BCUT2D eigenvalue weighted by molar-refractivity contribution is 6.07. The van der Waals surface area contributed by atoms with Gasteiger partial charge < -0.3 is 15.2 Å². The van der Waals surface area contributed by atoms with Gasteiger partial charge >= 0.3 is 12.0 Å². The number of nitrogens with zero attached hydrogens (tertiary/aromatic N) is 1. The summed E-state index contributed by atoms with van der Waals surface area (Å²) in [5.41, 5.74) is -0.444. The van der Waals surface area contributed by atoms with Gasteiger partial charge in [-0.25, -0.2) is 4.79 Å². The number of imide groups is 1. The van der Waals surface area contributed by atoms with Crippen LogP contribution < -0.4 is 10.1 Å². The van der Waals surface area contributed by atoms with Crippen molar-refractivity contribution in [3.63, 3.8) is 0 Å². The second kappa shape index (κ2) is 6.68. The zero-order valence-electron chi connectivity index (χ0n) is 13.2. The van der Waals surface area contributed by atoms with E-state index in [4.69, 9.17) is 9.84 Å². The Labute approximate surface area is 134 Å². The minimum atomic E-state index is -1.11. The van der Waals surface area contributed by atoms with Crippen LogP contribution in [0.2, 0.25) is 0 Å². The van der Waals surface area contributed by atoms with Crippen LogP contribution in [0, 0.1) is 0 Å². The van der Waals surface area contributed by atoms with Crippen LogP contribution in [-0.4, -0.2) is 41.6 Å². The first-order valence-electron chi connectivity index (χ1n) is 7.39. The smallest absolute Gasteiger partial charge is 0.325 e. The van der Waals surface area contributed by atoms with Gasteiger partial charge in [-0.1, -0.05) is 12.1 Å². The van der Waals surface area contributed by atoms with E-state index < -0.39 is 17.5 Å². The Morgan fingerprint density at radius 3 is 2.48 bits per heavy atom. The standard InChI is InChI=1S/C16H20N2O5/c1-16(11-6-8-12(23-2)9-7-11)14(21)18(15(22)17-16)10-4-3-5-13(19)20/h6-9H,3-5,10H2,1-2H3,(H,17,22)(H,19,20). The number of nitrogens with one attached hydrogen (secondary N) is 1. The molecule has 2 N–H and O–H groups in total. The summed E-state index contributed by atoms with van der Waals surface area (Å²) in [5, 5.41) is 11.3. The van der Waals surface area contributed by atoms with E-state index in [1.807, 2.05) is 0 Å². The lowest BCUT2D eigenvalue weighted by atomic mass is 9.92. The molecule has 0 radical (unpaired) electrons. The Balaban J connectivity index is 2.07. The summed E-state index contributed by atoms with van der Waals surface area (Å²) in [6.45, 7) is 1.87. The number of amides is 3. The number of carboxylic acids is 1. The van der Waals surface area contributed by atoms with Gasteiger partial charge in [-0.2, -0.15) is 0 Å². The fourth-order valence-electron chi connectivity index (χ4n) is 2.57. The Morgan fingerprint density at radius 2 is 1.91 bits per heavy atom. The molecule has 1 aliphatic rings. The van der Waals surface area contributed by atoms with Gasteiger partial charge in [-0.15, -0.1) is 0 Å². The van der Waals surface area contributed by atoms with Crippen molar-refractivity contribution >= 4 is 17.9 Å². The van der Waals surface area contributed by atoms with E-state index in [0.29, 0.717) is 24.2 Å². The molecule has 1 fully saturated rings. The number of hydrogen-bond donors (Lipinski definition) is 2. The fraction of sp³-hybridized carbons (Fsp3) is 0.438.